The monoisotopic (exact) mass is 482 g/mol. The van der Waals surface area contributed by atoms with Crippen LogP contribution in [0.1, 0.15) is 31.2 Å². The van der Waals surface area contributed by atoms with E-state index in [1.807, 2.05) is 30.3 Å². The van der Waals surface area contributed by atoms with E-state index in [0.29, 0.717) is 24.9 Å². The molecule has 0 bridgehead atoms. The molecule has 0 aromatic heterocycles. The van der Waals surface area contributed by atoms with Crippen LogP contribution < -0.4 is 16.9 Å². The van der Waals surface area contributed by atoms with Crippen molar-refractivity contribution in [2.45, 2.75) is 32.3 Å². The zero-order valence-electron chi connectivity index (χ0n) is 19.0. The average Bonchev–Trinajstić information content (AvgIpc) is 3.47. The van der Waals surface area contributed by atoms with Crippen molar-refractivity contribution < 1.29 is 28.0 Å². The molecule has 6 N–H and O–H groups in total. The molecule has 3 rings (SSSR count). The van der Waals surface area contributed by atoms with Crippen LogP contribution in [0.5, 0.6) is 0 Å². The van der Waals surface area contributed by atoms with Gasteiger partial charge in [-0.05, 0) is 49.0 Å². The highest BCUT2D eigenvalue weighted by atomic mass is 31.2. The normalized spacial score (nSPS) is 26.5. The number of phosphoric acid groups is 1. The maximum Gasteiger partial charge on any atom is 0.471 e. The van der Waals surface area contributed by atoms with Crippen molar-refractivity contribution in [3.8, 4) is 0 Å². The molecule has 33 heavy (non-hydrogen) atoms. The largest absolute Gasteiger partial charge is 0.471 e. The van der Waals surface area contributed by atoms with Crippen LogP contribution in [0, 0.1) is 17.8 Å². The van der Waals surface area contributed by atoms with Gasteiger partial charge in [0.1, 0.15) is 6.61 Å². The van der Waals surface area contributed by atoms with Crippen LogP contribution in [-0.2, 0) is 29.8 Å². The van der Waals surface area contributed by atoms with Crippen molar-refractivity contribution in [3.63, 3.8) is 0 Å². The standard InChI is InChI=1S/C22H35N4O6P/c1-30-33(28,29)32-15-19-17-7-9-20(23)21(10-8-18(17)19)26(24)12-11-25-13-22(27)31-14-16-5-3-2-4-6-16/h2-6,17-19,25H,7-15,23-24H2,1H3,(H,28,29)/b21-20-. The lowest BCUT2D eigenvalue weighted by Gasteiger charge is -2.25. The van der Waals surface area contributed by atoms with Crippen LogP contribution in [-0.4, -0.2) is 49.2 Å². The number of esters is 1. The number of carbonyl (C=O) groups is 1. The van der Waals surface area contributed by atoms with Gasteiger partial charge in [0.05, 0.1) is 13.2 Å². The first-order valence-electron chi connectivity index (χ1n) is 11.2. The molecule has 2 aliphatic rings. The lowest BCUT2D eigenvalue weighted by molar-refractivity contribution is -0.143. The molecule has 4 atom stereocenters. The van der Waals surface area contributed by atoms with Crippen LogP contribution in [0.4, 0.5) is 0 Å². The van der Waals surface area contributed by atoms with Gasteiger partial charge in [-0.3, -0.25) is 13.8 Å². The second kappa shape index (κ2) is 12.0. The first kappa shape index (κ1) is 25.7. The molecule has 0 heterocycles. The lowest BCUT2D eigenvalue weighted by Crippen LogP contribution is -2.39. The molecule has 0 aliphatic heterocycles. The predicted octanol–water partition coefficient (Wildman–Crippen LogP) is 1.87. The van der Waals surface area contributed by atoms with Crippen molar-refractivity contribution in [1.29, 1.82) is 0 Å². The summed E-state index contributed by atoms with van der Waals surface area (Å²) in [6.45, 7) is 1.59. The number of hydrogen-bond donors (Lipinski definition) is 4. The topological polar surface area (TPSA) is 149 Å². The first-order chi connectivity index (χ1) is 15.8. The zero-order valence-corrected chi connectivity index (χ0v) is 19.9. The number of fused-ring (bicyclic) bond motifs is 1. The van der Waals surface area contributed by atoms with Gasteiger partial charge in [-0.1, -0.05) is 30.3 Å². The summed E-state index contributed by atoms with van der Waals surface area (Å²) in [7, 11) is -2.79. The second-order valence-electron chi connectivity index (χ2n) is 8.50. The van der Waals surface area contributed by atoms with Gasteiger partial charge in [-0.25, -0.2) is 10.4 Å². The third kappa shape index (κ3) is 7.81. The number of benzene rings is 1. The van der Waals surface area contributed by atoms with Crippen LogP contribution in [0.2, 0.25) is 0 Å². The number of carbonyl (C=O) groups excluding carboxylic acids is 1. The van der Waals surface area contributed by atoms with Gasteiger partial charge in [-0.15, -0.1) is 0 Å². The van der Waals surface area contributed by atoms with Gasteiger partial charge in [0, 0.05) is 31.6 Å². The molecule has 1 fully saturated rings. The van der Waals surface area contributed by atoms with E-state index in [2.05, 4.69) is 9.84 Å². The minimum atomic E-state index is -3.95. The third-order valence-corrected chi connectivity index (χ3v) is 7.33. The van der Waals surface area contributed by atoms with E-state index in [9.17, 15) is 14.3 Å². The fourth-order valence-electron chi connectivity index (χ4n) is 4.43. The molecule has 0 radical (unpaired) electrons. The molecule has 1 aromatic rings. The SMILES string of the molecule is COP(=O)(O)OCC1C2CC/C(N)=C(/N(N)CCNCC(=O)OCc3ccccc3)CCC21. The third-order valence-electron chi connectivity index (χ3n) is 6.39. The van der Waals surface area contributed by atoms with Crippen molar-refractivity contribution in [3.05, 3.63) is 47.3 Å². The molecule has 10 nitrogen and oxygen atoms in total. The van der Waals surface area contributed by atoms with E-state index < -0.39 is 7.82 Å². The Morgan fingerprint density at radius 1 is 1.24 bits per heavy atom. The number of ether oxygens (including phenoxy) is 1. The Labute approximate surface area is 194 Å². The minimum absolute atomic E-state index is 0.108. The molecule has 2 aliphatic carbocycles. The second-order valence-corrected chi connectivity index (χ2v) is 10.1. The van der Waals surface area contributed by atoms with E-state index >= 15 is 0 Å². The Morgan fingerprint density at radius 2 is 1.94 bits per heavy atom. The highest BCUT2D eigenvalue weighted by Crippen LogP contribution is 2.56. The molecule has 1 aromatic carbocycles. The zero-order chi connectivity index (χ0) is 23.8. The molecule has 184 valence electrons. The minimum Gasteiger partial charge on any atom is -0.460 e. The molecular weight excluding hydrogens is 447 g/mol. The summed E-state index contributed by atoms with van der Waals surface area (Å²) in [5, 5.41) is 4.71. The summed E-state index contributed by atoms with van der Waals surface area (Å²) in [5.74, 6) is 7.05. The van der Waals surface area contributed by atoms with E-state index in [1.165, 1.54) is 0 Å². The Bertz CT molecular complexity index is 868. The number of phosphoric ester groups is 1. The maximum absolute atomic E-state index is 11.9. The lowest BCUT2D eigenvalue weighted by atomic mass is 10.0. The van der Waals surface area contributed by atoms with Gasteiger partial charge in [-0.2, -0.15) is 0 Å². The summed E-state index contributed by atoms with van der Waals surface area (Å²) in [4.78, 5) is 21.3. The van der Waals surface area contributed by atoms with Gasteiger partial charge in [0.25, 0.3) is 0 Å². The van der Waals surface area contributed by atoms with E-state index in [1.54, 1.807) is 5.01 Å². The van der Waals surface area contributed by atoms with E-state index in [-0.39, 0.29) is 31.6 Å². The highest BCUT2D eigenvalue weighted by Gasteiger charge is 2.50. The van der Waals surface area contributed by atoms with E-state index in [0.717, 1.165) is 49.8 Å². The van der Waals surface area contributed by atoms with Gasteiger partial charge >= 0.3 is 13.8 Å². The number of rotatable bonds is 12. The highest BCUT2D eigenvalue weighted by molar-refractivity contribution is 7.47. The fourth-order valence-corrected chi connectivity index (χ4v) is 4.90. The molecule has 11 heteroatoms. The van der Waals surface area contributed by atoms with Gasteiger partial charge in [0.2, 0.25) is 0 Å². The average molecular weight is 483 g/mol. The maximum atomic E-state index is 11.9. The van der Waals surface area contributed by atoms with Crippen LogP contribution in [0.15, 0.2) is 41.7 Å². The van der Waals surface area contributed by atoms with Crippen LogP contribution >= 0.6 is 7.82 Å². The van der Waals surface area contributed by atoms with Gasteiger partial charge in [0.15, 0.2) is 0 Å². The Morgan fingerprint density at radius 3 is 2.64 bits per heavy atom. The number of nitrogens with zero attached hydrogens (tertiary/aromatic N) is 1. The summed E-state index contributed by atoms with van der Waals surface area (Å²) in [6, 6.07) is 9.53. The molecule has 1 saturated carbocycles. The summed E-state index contributed by atoms with van der Waals surface area (Å²) in [5.41, 5.74) is 8.95. The Kier molecular flexibility index (Phi) is 9.31. The number of nitrogens with one attached hydrogen (secondary N) is 1. The fraction of sp³-hybridized carbons (Fsp3) is 0.591. The van der Waals surface area contributed by atoms with Crippen molar-refractivity contribution in [2.75, 3.05) is 33.4 Å². The summed E-state index contributed by atoms with van der Waals surface area (Å²) in [6.07, 6.45) is 3.25. The quantitative estimate of drug-likeness (QED) is 0.114. The Balaban J connectivity index is 1.36. The van der Waals surface area contributed by atoms with E-state index in [4.69, 9.17) is 20.8 Å². The molecule has 0 saturated heterocycles. The number of hydrazine groups is 1. The first-order valence-corrected chi connectivity index (χ1v) is 12.7. The molecule has 0 spiro atoms. The Hall–Kier alpha value is -1.94. The smallest absolute Gasteiger partial charge is 0.460 e. The molecule has 0 amide bonds. The number of allylic oxidation sites excluding steroid dienone is 2. The predicted molar refractivity (Wildman–Crippen MR) is 123 cm³/mol. The number of nitrogens with two attached hydrogens (primary N) is 2. The van der Waals surface area contributed by atoms with Crippen molar-refractivity contribution in [2.24, 2.45) is 29.3 Å². The van der Waals surface area contributed by atoms with Crippen LogP contribution in [0.3, 0.4) is 0 Å². The van der Waals surface area contributed by atoms with Gasteiger partial charge < -0.3 is 25.7 Å². The summed E-state index contributed by atoms with van der Waals surface area (Å²) >= 11 is 0. The van der Waals surface area contributed by atoms with Crippen molar-refractivity contribution in [1.82, 2.24) is 10.3 Å². The van der Waals surface area contributed by atoms with Crippen LogP contribution in [0.25, 0.3) is 0 Å². The molecular formula is C22H35N4O6P. The summed E-state index contributed by atoms with van der Waals surface area (Å²) < 4.78 is 26.3. The number of hydrogen-bond acceptors (Lipinski definition) is 9. The van der Waals surface area contributed by atoms with Crippen molar-refractivity contribution >= 4 is 13.8 Å². The molecule has 4 unspecified atom stereocenters.